The molecule has 1 saturated heterocycles. The van der Waals surface area contributed by atoms with Crippen LogP contribution >= 0.6 is 0 Å². The van der Waals surface area contributed by atoms with Crippen LogP contribution in [0.15, 0.2) is 35.9 Å². The molecule has 142 valence electrons. The van der Waals surface area contributed by atoms with E-state index in [0.717, 1.165) is 5.56 Å². The van der Waals surface area contributed by atoms with Crippen molar-refractivity contribution in [2.24, 2.45) is 5.92 Å². The molecule has 2 aromatic rings. The number of aromatic hydroxyl groups is 3. The third-order valence-corrected chi connectivity index (χ3v) is 4.44. The van der Waals surface area contributed by atoms with Gasteiger partial charge in [-0.2, -0.15) is 0 Å². The summed E-state index contributed by atoms with van der Waals surface area (Å²) in [6.07, 6.45) is 2.12. The fraction of sp³-hybridized carbons (Fsp3) is 0.250. The molecule has 1 fully saturated rings. The molecule has 0 aromatic heterocycles. The number of methoxy groups -OCH3 is 2. The van der Waals surface area contributed by atoms with Crippen molar-refractivity contribution in [3.05, 3.63) is 47.0 Å². The van der Waals surface area contributed by atoms with Crippen molar-refractivity contribution in [2.75, 3.05) is 20.8 Å². The Labute approximate surface area is 156 Å². The molecule has 0 spiro atoms. The van der Waals surface area contributed by atoms with Crippen molar-refractivity contribution in [3.8, 4) is 28.7 Å². The molecule has 3 rings (SSSR count). The molecule has 1 atom stereocenters. The maximum absolute atomic E-state index is 12.2. The highest BCUT2D eigenvalue weighted by Gasteiger charge is 2.31. The summed E-state index contributed by atoms with van der Waals surface area (Å²) in [5, 5.41) is 29.3. The Balaban J connectivity index is 1.91. The van der Waals surface area contributed by atoms with Crippen molar-refractivity contribution in [1.29, 1.82) is 0 Å². The standard InChI is InChI=1S/C20H20O7/c1-25-17-8-11(3-4-15(17)21)5-13-10-27-20(24)14(13)6-12-7-16(22)19(23)18(9-12)26-2/h3-4,6-9,13,21-23H,5,10H2,1-2H3. The number of esters is 1. The molecule has 2 aromatic carbocycles. The minimum Gasteiger partial charge on any atom is -0.504 e. The summed E-state index contributed by atoms with van der Waals surface area (Å²) in [7, 11) is 2.84. The Morgan fingerprint density at radius 2 is 1.81 bits per heavy atom. The Kier molecular flexibility index (Phi) is 5.12. The zero-order valence-corrected chi connectivity index (χ0v) is 14.9. The number of hydrogen-bond acceptors (Lipinski definition) is 7. The van der Waals surface area contributed by atoms with Crippen molar-refractivity contribution in [2.45, 2.75) is 6.42 Å². The normalized spacial score (nSPS) is 17.8. The summed E-state index contributed by atoms with van der Waals surface area (Å²) in [5.41, 5.74) is 1.84. The molecule has 0 saturated carbocycles. The summed E-state index contributed by atoms with van der Waals surface area (Å²) in [5.74, 6) is -0.827. The first-order chi connectivity index (χ1) is 12.9. The van der Waals surface area contributed by atoms with E-state index >= 15 is 0 Å². The second kappa shape index (κ2) is 7.49. The zero-order valence-electron chi connectivity index (χ0n) is 14.9. The van der Waals surface area contributed by atoms with E-state index in [1.54, 1.807) is 18.2 Å². The van der Waals surface area contributed by atoms with E-state index in [1.165, 1.54) is 32.4 Å². The van der Waals surface area contributed by atoms with Gasteiger partial charge in [-0.3, -0.25) is 0 Å². The van der Waals surface area contributed by atoms with Crippen LogP contribution in [-0.2, 0) is 16.0 Å². The summed E-state index contributed by atoms with van der Waals surface area (Å²) in [6, 6.07) is 7.88. The van der Waals surface area contributed by atoms with Gasteiger partial charge in [0.2, 0.25) is 5.75 Å². The van der Waals surface area contributed by atoms with Crippen LogP contribution in [0.1, 0.15) is 11.1 Å². The van der Waals surface area contributed by atoms with E-state index in [1.807, 2.05) is 0 Å². The molecule has 3 N–H and O–H groups in total. The SMILES string of the molecule is COc1cc(CC2COC(=O)C2=Cc2cc(O)c(O)c(OC)c2)ccc1O. The van der Waals surface area contributed by atoms with E-state index in [2.05, 4.69) is 0 Å². The van der Waals surface area contributed by atoms with Crippen LogP contribution in [0.2, 0.25) is 0 Å². The number of carbonyl (C=O) groups excluding carboxylic acids is 1. The van der Waals surface area contributed by atoms with Crippen molar-refractivity contribution < 1.29 is 34.3 Å². The van der Waals surface area contributed by atoms with E-state index in [4.69, 9.17) is 14.2 Å². The van der Waals surface area contributed by atoms with E-state index < -0.39 is 5.97 Å². The molecule has 0 bridgehead atoms. The van der Waals surface area contributed by atoms with Crippen molar-refractivity contribution in [3.63, 3.8) is 0 Å². The highest BCUT2D eigenvalue weighted by Crippen LogP contribution is 2.38. The number of carbonyl (C=O) groups is 1. The molecule has 7 heteroatoms. The van der Waals surface area contributed by atoms with Gasteiger partial charge >= 0.3 is 5.97 Å². The van der Waals surface area contributed by atoms with Crippen LogP contribution in [0.4, 0.5) is 0 Å². The number of phenols is 3. The number of benzene rings is 2. The lowest BCUT2D eigenvalue weighted by atomic mass is 9.92. The lowest BCUT2D eigenvalue weighted by molar-refractivity contribution is -0.135. The number of phenolic OH excluding ortho intramolecular Hbond substituents is 3. The quantitative estimate of drug-likeness (QED) is 0.421. The second-order valence-corrected chi connectivity index (χ2v) is 6.20. The number of cyclic esters (lactones) is 1. The van der Waals surface area contributed by atoms with Crippen LogP contribution in [-0.4, -0.2) is 42.1 Å². The maximum Gasteiger partial charge on any atom is 0.334 e. The molecular weight excluding hydrogens is 352 g/mol. The lowest BCUT2D eigenvalue weighted by Crippen LogP contribution is -2.07. The number of hydrogen-bond donors (Lipinski definition) is 3. The summed E-state index contributed by atoms with van der Waals surface area (Å²) >= 11 is 0. The van der Waals surface area contributed by atoms with Gasteiger partial charge in [0, 0.05) is 11.5 Å². The average Bonchev–Trinajstić information content (AvgIpc) is 2.99. The second-order valence-electron chi connectivity index (χ2n) is 6.20. The largest absolute Gasteiger partial charge is 0.504 e. The summed E-state index contributed by atoms with van der Waals surface area (Å²) in [4.78, 5) is 12.2. The Bertz CT molecular complexity index is 901. The topological polar surface area (TPSA) is 105 Å². The van der Waals surface area contributed by atoms with Crippen molar-refractivity contribution in [1.82, 2.24) is 0 Å². The smallest absolute Gasteiger partial charge is 0.334 e. The molecular formula is C20H20O7. The maximum atomic E-state index is 12.2. The van der Waals surface area contributed by atoms with E-state index in [0.29, 0.717) is 23.3 Å². The van der Waals surface area contributed by atoms with Gasteiger partial charge < -0.3 is 29.5 Å². The first-order valence-corrected chi connectivity index (χ1v) is 8.27. The highest BCUT2D eigenvalue weighted by molar-refractivity contribution is 5.96. The van der Waals surface area contributed by atoms with Crippen LogP contribution in [0.25, 0.3) is 6.08 Å². The predicted octanol–water partition coefficient (Wildman–Crippen LogP) is 2.62. The molecule has 0 aliphatic carbocycles. The van der Waals surface area contributed by atoms with Crippen molar-refractivity contribution >= 4 is 12.0 Å². The monoisotopic (exact) mass is 372 g/mol. The first kappa shape index (κ1) is 18.4. The Morgan fingerprint density at radius 1 is 1.07 bits per heavy atom. The van der Waals surface area contributed by atoms with Gasteiger partial charge in [0.1, 0.15) is 0 Å². The minimum absolute atomic E-state index is 0.0439. The molecule has 1 aliphatic heterocycles. The van der Waals surface area contributed by atoms with Gasteiger partial charge in [-0.25, -0.2) is 4.79 Å². The summed E-state index contributed by atoms with van der Waals surface area (Å²) < 4.78 is 15.3. The third kappa shape index (κ3) is 3.76. The third-order valence-electron chi connectivity index (χ3n) is 4.44. The van der Waals surface area contributed by atoms with E-state index in [9.17, 15) is 20.1 Å². The first-order valence-electron chi connectivity index (χ1n) is 8.27. The lowest BCUT2D eigenvalue weighted by Gasteiger charge is -2.11. The minimum atomic E-state index is -0.433. The zero-order chi connectivity index (χ0) is 19.6. The number of ether oxygens (including phenoxy) is 3. The molecule has 7 nitrogen and oxygen atoms in total. The van der Waals surface area contributed by atoms with Gasteiger partial charge in [-0.15, -0.1) is 0 Å². The van der Waals surface area contributed by atoms with Crippen LogP contribution in [0, 0.1) is 5.92 Å². The highest BCUT2D eigenvalue weighted by atomic mass is 16.5. The molecule has 0 radical (unpaired) electrons. The average molecular weight is 372 g/mol. The summed E-state index contributed by atoms with van der Waals surface area (Å²) in [6.45, 7) is 0.231. The molecule has 0 amide bonds. The van der Waals surface area contributed by atoms with Gasteiger partial charge in [-0.1, -0.05) is 6.07 Å². The van der Waals surface area contributed by atoms with Gasteiger partial charge in [0.05, 0.1) is 20.8 Å². The van der Waals surface area contributed by atoms with Crippen LogP contribution in [0.3, 0.4) is 0 Å². The van der Waals surface area contributed by atoms with Gasteiger partial charge in [-0.05, 0) is 47.9 Å². The fourth-order valence-electron chi connectivity index (χ4n) is 3.03. The molecule has 1 unspecified atom stereocenters. The Morgan fingerprint density at radius 3 is 2.52 bits per heavy atom. The molecule has 1 heterocycles. The molecule has 1 aliphatic rings. The van der Waals surface area contributed by atoms with E-state index in [-0.39, 0.29) is 35.5 Å². The van der Waals surface area contributed by atoms with Gasteiger partial charge in [0.15, 0.2) is 23.0 Å². The number of rotatable bonds is 5. The fourth-order valence-corrected chi connectivity index (χ4v) is 3.03. The molecule has 27 heavy (non-hydrogen) atoms. The predicted molar refractivity (Wildman–Crippen MR) is 97.1 cm³/mol. The van der Waals surface area contributed by atoms with Crippen LogP contribution < -0.4 is 9.47 Å². The van der Waals surface area contributed by atoms with Gasteiger partial charge in [0.25, 0.3) is 0 Å². The van der Waals surface area contributed by atoms with Crippen LogP contribution in [0.5, 0.6) is 28.7 Å². The Hall–Kier alpha value is -3.35.